The van der Waals surface area contributed by atoms with Crippen molar-refractivity contribution in [2.24, 2.45) is 0 Å². The Kier molecular flexibility index (Phi) is 5.78. The van der Waals surface area contributed by atoms with Gasteiger partial charge < -0.3 is 9.73 Å². The van der Waals surface area contributed by atoms with Gasteiger partial charge in [-0.3, -0.25) is 19.7 Å². The van der Waals surface area contributed by atoms with Crippen molar-refractivity contribution in [2.75, 3.05) is 0 Å². The lowest BCUT2D eigenvalue weighted by atomic mass is 10.1. The standard InChI is InChI=1S/C18H13ClN2O5S/c19-14-4-2-1-3-13(14)16-7-5-12(27-16)9-11(10-22)20-18(23)15-6-8-17(26-15)21(24)25/h1-6,8-10,16H,7H2,(H,20,23)/b11-9-. The van der Waals surface area contributed by atoms with Gasteiger partial charge in [-0.05, 0) is 30.2 Å². The first-order chi connectivity index (χ1) is 13.0. The predicted molar refractivity (Wildman–Crippen MR) is 101 cm³/mol. The first kappa shape index (κ1) is 18.9. The number of aldehydes is 1. The number of furan rings is 1. The maximum atomic E-state index is 12.1. The first-order valence-electron chi connectivity index (χ1n) is 7.81. The molecule has 1 aliphatic heterocycles. The van der Waals surface area contributed by atoms with E-state index in [1.165, 1.54) is 17.8 Å². The van der Waals surface area contributed by atoms with E-state index in [9.17, 15) is 19.7 Å². The zero-order valence-corrected chi connectivity index (χ0v) is 15.3. The van der Waals surface area contributed by atoms with Crippen molar-refractivity contribution in [3.05, 3.63) is 85.6 Å². The summed E-state index contributed by atoms with van der Waals surface area (Å²) in [5.74, 6) is -1.54. The maximum Gasteiger partial charge on any atom is 0.433 e. The van der Waals surface area contributed by atoms with Crippen LogP contribution >= 0.6 is 23.4 Å². The van der Waals surface area contributed by atoms with E-state index >= 15 is 0 Å². The number of allylic oxidation sites excluding steroid dienone is 3. The van der Waals surface area contributed by atoms with Crippen LogP contribution in [-0.2, 0) is 4.79 Å². The molecule has 1 aromatic heterocycles. The highest BCUT2D eigenvalue weighted by molar-refractivity contribution is 8.03. The van der Waals surface area contributed by atoms with Crippen LogP contribution in [-0.4, -0.2) is 17.1 Å². The van der Waals surface area contributed by atoms with Crippen molar-refractivity contribution >= 4 is 41.4 Å². The Morgan fingerprint density at radius 2 is 2.11 bits per heavy atom. The fourth-order valence-electron chi connectivity index (χ4n) is 2.50. The molecule has 138 valence electrons. The van der Waals surface area contributed by atoms with Crippen LogP contribution in [0.5, 0.6) is 0 Å². The molecule has 7 nitrogen and oxygen atoms in total. The number of carbonyl (C=O) groups is 2. The van der Waals surface area contributed by atoms with Crippen LogP contribution in [0.1, 0.15) is 27.8 Å². The second-order valence-corrected chi connectivity index (χ2v) is 7.22. The molecule has 1 atom stereocenters. The molecule has 0 bridgehead atoms. The molecule has 2 heterocycles. The molecule has 0 fully saturated rings. The number of hydrogen-bond acceptors (Lipinski definition) is 6. The van der Waals surface area contributed by atoms with Gasteiger partial charge in [-0.15, -0.1) is 11.8 Å². The molecule has 1 aliphatic rings. The molecule has 0 radical (unpaired) electrons. The summed E-state index contributed by atoms with van der Waals surface area (Å²) in [4.78, 5) is 34.1. The number of hydrogen-bond donors (Lipinski definition) is 1. The van der Waals surface area contributed by atoms with E-state index in [0.717, 1.165) is 23.0 Å². The Bertz CT molecular complexity index is 966. The number of thioether (sulfide) groups is 1. The van der Waals surface area contributed by atoms with Gasteiger partial charge in [-0.2, -0.15) is 0 Å². The molecule has 1 unspecified atom stereocenters. The van der Waals surface area contributed by atoms with E-state index in [0.29, 0.717) is 11.3 Å². The fraction of sp³-hybridized carbons (Fsp3) is 0.111. The number of amides is 1. The Morgan fingerprint density at radius 3 is 2.78 bits per heavy atom. The molecule has 3 rings (SSSR count). The Balaban J connectivity index is 1.67. The molecule has 0 aliphatic carbocycles. The summed E-state index contributed by atoms with van der Waals surface area (Å²) < 4.78 is 4.82. The van der Waals surface area contributed by atoms with Gasteiger partial charge in [0.2, 0.25) is 0 Å². The summed E-state index contributed by atoms with van der Waals surface area (Å²) in [7, 11) is 0. The van der Waals surface area contributed by atoms with Crippen LogP contribution in [0.4, 0.5) is 5.88 Å². The number of halogens is 1. The first-order valence-corrected chi connectivity index (χ1v) is 9.07. The number of benzene rings is 1. The van der Waals surface area contributed by atoms with Crippen LogP contribution in [0.3, 0.4) is 0 Å². The Morgan fingerprint density at radius 1 is 1.33 bits per heavy atom. The quantitative estimate of drug-likeness (QED) is 0.331. The molecule has 0 saturated carbocycles. The average molecular weight is 405 g/mol. The largest absolute Gasteiger partial charge is 0.433 e. The van der Waals surface area contributed by atoms with Gasteiger partial charge in [0.15, 0.2) is 12.0 Å². The van der Waals surface area contributed by atoms with Crippen LogP contribution in [0, 0.1) is 10.1 Å². The lowest BCUT2D eigenvalue weighted by Gasteiger charge is -2.11. The van der Waals surface area contributed by atoms with Crippen LogP contribution in [0.25, 0.3) is 0 Å². The van der Waals surface area contributed by atoms with Crippen LogP contribution in [0.15, 0.2) is 63.6 Å². The maximum absolute atomic E-state index is 12.1. The van der Waals surface area contributed by atoms with Crippen molar-refractivity contribution < 1.29 is 18.9 Å². The summed E-state index contributed by atoms with van der Waals surface area (Å²) in [6, 6.07) is 9.79. The summed E-state index contributed by atoms with van der Waals surface area (Å²) in [5, 5.41) is 13.8. The number of nitro groups is 1. The summed E-state index contributed by atoms with van der Waals surface area (Å²) in [5.41, 5.74) is 1.03. The average Bonchev–Trinajstić information content (AvgIpc) is 3.31. The molecule has 2 aromatic rings. The van der Waals surface area contributed by atoms with E-state index in [4.69, 9.17) is 16.0 Å². The molecule has 0 spiro atoms. The molecule has 1 N–H and O–H groups in total. The van der Waals surface area contributed by atoms with Crippen molar-refractivity contribution in [3.8, 4) is 0 Å². The highest BCUT2D eigenvalue weighted by Crippen LogP contribution is 2.46. The normalized spacial score (nSPS) is 16.7. The van der Waals surface area contributed by atoms with Crippen molar-refractivity contribution in [1.82, 2.24) is 5.32 Å². The summed E-state index contributed by atoms with van der Waals surface area (Å²) >= 11 is 7.75. The van der Waals surface area contributed by atoms with E-state index < -0.39 is 16.7 Å². The predicted octanol–water partition coefficient (Wildman–Crippen LogP) is 4.42. The van der Waals surface area contributed by atoms with E-state index in [-0.39, 0.29) is 16.7 Å². The minimum Gasteiger partial charge on any atom is -0.395 e. The summed E-state index contributed by atoms with van der Waals surface area (Å²) in [6.45, 7) is 0. The third kappa shape index (κ3) is 4.47. The fourth-order valence-corrected chi connectivity index (χ4v) is 4.07. The van der Waals surface area contributed by atoms with Gasteiger partial charge in [-0.1, -0.05) is 35.9 Å². The van der Waals surface area contributed by atoms with Crippen LogP contribution < -0.4 is 5.32 Å². The number of nitrogens with one attached hydrogen (secondary N) is 1. The van der Waals surface area contributed by atoms with E-state index in [1.54, 1.807) is 6.08 Å². The minimum atomic E-state index is -0.748. The van der Waals surface area contributed by atoms with Gasteiger partial charge >= 0.3 is 5.88 Å². The highest BCUT2D eigenvalue weighted by atomic mass is 35.5. The van der Waals surface area contributed by atoms with Gasteiger partial charge in [0.1, 0.15) is 4.92 Å². The zero-order chi connectivity index (χ0) is 19.4. The third-order valence-corrected chi connectivity index (χ3v) is 5.37. The number of rotatable bonds is 6. The van der Waals surface area contributed by atoms with Gasteiger partial charge in [0, 0.05) is 15.2 Å². The van der Waals surface area contributed by atoms with E-state index in [1.807, 2.05) is 30.3 Å². The number of nitrogens with zero attached hydrogens (tertiary/aromatic N) is 1. The van der Waals surface area contributed by atoms with Crippen molar-refractivity contribution in [3.63, 3.8) is 0 Å². The smallest absolute Gasteiger partial charge is 0.395 e. The summed E-state index contributed by atoms with van der Waals surface area (Å²) in [6.07, 6.45) is 4.74. The van der Waals surface area contributed by atoms with Crippen LogP contribution in [0.2, 0.25) is 5.02 Å². The molecule has 1 aromatic carbocycles. The molecule has 9 heteroatoms. The Labute approximate surface area is 163 Å². The van der Waals surface area contributed by atoms with Crippen molar-refractivity contribution in [1.29, 1.82) is 0 Å². The molecule has 0 saturated heterocycles. The molecule has 27 heavy (non-hydrogen) atoms. The van der Waals surface area contributed by atoms with Gasteiger partial charge in [0.05, 0.1) is 11.8 Å². The number of carbonyl (C=O) groups excluding carboxylic acids is 2. The Hall–Kier alpha value is -2.84. The second kappa shape index (κ2) is 8.24. The molecular weight excluding hydrogens is 392 g/mol. The minimum absolute atomic E-state index is 0.0256. The monoisotopic (exact) mass is 404 g/mol. The van der Waals surface area contributed by atoms with Crippen molar-refractivity contribution in [2.45, 2.75) is 11.7 Å². The second-order valence-electron chi connectivity index (χ2n) is 5.54. The van der Waals surface area contributed by atoms with E-state index in [2.05, 4.69) is 5.32 Å². The lowest BCUT2D eigenvalue weighted by Crippen LogP contribution is -2.23. The van der Waals surface area contributed by atoms with Gasteiger partial charge in [0.25, 0.3) is 5.91 Å². The van der Waals surface area contributed by atoms with Gasteiger partial charge in [-0.25, -0.2) is 0 Å². The lowest BCUT2D eigenvalue weighted by molar-refractivity contribution is -0.402. The third-order valence-electron chi connectivity index (χ3n) is 3.74. The zero-order valence-electron chi connectivity index (χ0n) is 13.8. The molecule has 1 amide bonds. The highest BCUT2D eigenvalue weighted by Gasteiger charge is 2.22. The topological polar surface area (TPSA) is 102 Å². The molecular formula is C18H13ClN2O5S. The SMILES string of the molecule is O=C/C(=C/C1=CCC(c2ccccc2Cl)S1)NC(=O)c1ccc([N+](=O)[O-])o1.